The molecule has 4 bridgehead atoms. The fourth-order valence-corrected chi connectivity index (χ4v) is 3.58. The Labute approximate surface area is 167 Å². The van der Waals surface area contributed by atoms with Crippen LogP contribution in [0.3, 0.4) is 0 Å². The summed E-state index contributed by atoms with van der Waals surface area (Å²) in [7, 11) is 0. The van der Waals surface area contributed by atoms with E-state index in [1.54, 1.807) is 16.0 Å². The van der Waals surface area contributed by atoms with Gasteiger partial charge in [0.05, 0.1) is 18.1 Å². The van der Waals surface area contributed by atoms with Crippen molar-refractivity contribution in [1.29, 1.82) is 0 Å². The van der Waals surface area contributed by atoms with Crippen molar-refractivity contribution in [3.8, 4) is 0 Å². The quantitative estimate of drug-likeness (QED) is 0.579. The molecule has 0 saturated carbocycles. The van der Waals surface area contributed by atoms with Gasteiger partial charge in [-0.1, -0.05) is 42.5 Å². The third-order valence-corrected chi connectivity index (χ3v) is 4.64. The summed E-state index contributed by atoms with van der Waals surface area (Å²) in [6.45, 7) is 11.1. The fraction of sp³-hybridized carbons (Fsp3) is 0.545. The van der Waals surface area contributed by atoms with Crippen molar-refractivity contribution in [2.24, 2.45) is 5.92 Å². The second kappa shape index (κ2) is 7.15. The average Bonchev–Trinajstić information content (AvgIpc) is 2.93. The second-order valence-electron chi connectivity index (χ2n) is 9.32. The van der Waals surface area contributed by atoms with Crippen molar-refractivity contribution in [3.63, 3.8) is 0 Å². The van der Waals surface area contributed by atoms with Crippen LogP contribution in [0.1, 0.15) is 41.5 Å². The first-order valence-electron chi connectivity index (χ1n) is 9.70. The van der Waals surface area contributed by atoms with E-state index >= 15 is 0 Å². The van der Waals surface area contributed by atoms with Crippen LogP contribution in [0.25, 0.3) is 0 Å². The summed E-state index contributed by atoms with van der Waals surface area (Å²) in [4.78, 5) is 29.3. The Morgan fingerprint density at radius 1 is 0.714 bits per heavy atom. The molecule has 152 valence electrons. The molecular weight excluding hydrogens is 356 g/mol. The van der Waals surface area contributed by atoms with Crippen molar-refractivity contribution < 1.29 is 19.1 Å². The molecule has 3 heterocycles. The van der Waals surface area contributed by atoms with Crippen LogP contribution in [-0.4, -0.2) is 51.3 Å². The van der Waals surface area contributed by atoms with Crippen LogP contribution >= 0.6 is 0 Å². The second-order valence-corrected chi connectivity index (χ2v) is 9.32. The van der Waals surface area contributed by atoms with Gasteiger partial charge in [0.2, 0.25) is 0 Å². The number of hydrogen-bond acceptors (Lipinski definition) is 4. The Kier molecular flexibility index (Phi) is 5.17. The molecule has 0 aliphatic carbocycles. The maximum Gasteiger partial charge on any atom is 0.414 e. The van der Waals surface area contributed by atoms with E-state index in [-0.39, 0.29) is 24.0 Å². The molecule has 3 aliphatic rings. The molecule has 6 nitrogen and oxygen atoms in total. The summed E-state index contributed by atoms with van der Waals surface area (Å²) in [6.07, 6.45) is 14.7. The smallest absolute Gasteiger partial charge is 0.414 e. The molecule has 0 aromatic carbocycles. The number of rotatable bonds is 0. The lowest BCUT2D eigenvalue weighted by atomic mass is 9.97. The molecule has 6 heteroatoms. The lowest BCUT2D eigenvalue weighted by Gasteiger charge is -2.42. The molecule has 0 N–H and O–H groups in total. The minimum Gasteiger partial charge on any atom is -0.444 e. The van der Waals surface area contributed by atoms with E-state index in [0.717, 1.165) is 0 Å². The van der Waals surface area contributed by atoms with Crippen LogP contribution in [-0.2, 0) is 9.47 Å². The molecule has 28 heavy (non-hydrogen) atoms. The van der Waals surface area contributed by atoms with Gasteiger partial charge in [-0.3, -0.25) is 9.80 Å². The Balaban J connectivity index is 2.00. The van der Waals surface area contributed by atoms with E-state index in [2.05, 4.69) is 6.08 Å². The third kappa shape index (κ3) is 4.32. The lowest BCUT2D eigenvalue weighted by molar-refractivity contribution is -0.000598. The predicted molar refractivity (Wildman–Crippen MR) is 108 cm³/mol. The van der Waals surface area contributed by atoms with E-state index in [9.17, 15) is 9.59 Å². The molecule has 0 aromatic rings. The van der Waals surface area contributed by atoms with E-state index in [0.29, 0.717) is 0 Å². The van der Waals surface area contributed by atoms with Gasteiger partial charge in [0.1, 0.15) is 11.2 Å². The van der Waals surface area contributed by atoms with Crippen LogP contribution in [0.15, 0.2) is 48.7 Å². The fourth-order valence-electron chi connectivity index (χ4n) is 3.58. The van der Waals surface area contributed by atoms with E-state index in [1.807, 2.05) is 78.0 Å². The maximum atomic E-state index is 13.1. The summed E-state index contributed by atoms with van der Waals surface area (Å²) in [5, 5.41) is 0. The van der Waals surface area contributed by atoms with E-state index < -0.39 is 23.4 Å². The van der Waals surface area contributed by atoms with Crippen LogP contribution in [0, 0.1) is 5.92 Å². The standard InChI is InChI=1S/C22H30N2O4/c1-21(2,3)27-19(25)23-14-13-15-11-12-17(23)18-10-8-7-9-16(15)24(18)20(26)28-22(4,5)6/h7-18H,1-6H3/t15-,16+,17-,18+/m1/s1. The highest BCUT2D eigenvalue weighted by molar-refractivity contribution is 5.73. The molecule has 3 aliphatic heterocycles. The van der Waals surface area contributed by atoms with Crippen LogP contribution in [0.4, 0.5) is 9.59 Å². The summed E-state index contributed by atoms with van der Waals surface area (Å²) >= 11 is 0. The topological polar surface area (TPSA) is 59.1 Å². The molecule has 0 aromatic heterocycles. The first-order chi connectivity index (χ1) is 13.0. The highest BCUT2D eigenvalue weighted by Gasteiger charge is 2.44. The number of carbonyl (C=O) groups is 2. The molecule has 0 fully saturated rings. The average molecular weight is 386 g/mol. The van der Waals surface area contributed by atoms with E-state index in [1.165, 1.54) is 0 Å². The van der Waals surface area contributed by atoms with E-state index in [4.69, 9.17) is 9.47 Å². The normalized spacial score (nSPS) is 28.6. The Morgan fingerprint density at radius 3 is 1.89 bits per heavy atom. The molecule has 0 saturated heterocycles. The van der Waals surface area contributed by atoms with Crippen molar-refractivity contribution >= 4 is 12.2 Å². The summed E-state index contributed by atoms with van der Waals surface area (Å²) < 4.78 is 11.3. The number of hydrogen-bond donors (Lipinski definition) is 0. The molecule has 0 spiro atoms. The first-order valence-corrected chi connectivity index (χ1v) is 9.70. The Morgan fingerprint density at radius 2 is 1.29 bits per heavy atom. The molecular formula is C22H30N2O4. The monoisotopic (exact) mass is 386 g/mol. The Hall–Kier alpha value is -2.50. The van der Waals surface area contributed by atoms with Crippen molar-refractivity contribution in [1.82, 2.24) is 9.80 Å². The molecule has 2 amide bonds. The maximum absolute atomic E-state index is 13.1. The van der Waals surface area contributed by atoms with Gasteiger partial charge in [-0.2, -0.15) is 0 Å². The number of fused-ring (bicyclic) bond motifs is 6. The lowest BCUT2D eigenvalue weighted by Crippen LogP contribution is -2.57. The largest absolute Gasteiger partial charge is 0.444 e. The van der Waals surface area contributed by atoms with Crippen LogP contribution in [0.5, 0.6) is 0 Å². The molecule has 3 rings (SSSR count). The van der Waals surface area contributed by atoms with Gasteiger partial charge in [-0.15, -0.1) is 0 Å². The molecule has 0 unspecified atom stereocenters. The highest BCUT2D eigenvalue weighted by Crippen LogP contribution is 2.34. The van der Waals surface area contributed by atoms with Gasteiger partial charge in [0, 0.05) is 12.1 Å². The van der Waals surface area contributed by atoms with Crippen molar-refractivity contribution in [2.75, 3.05) is 0 Å². The highest BCUT2D eigenvalue weighted by atomic mass is 16.6. The number of allylic oxidation sites excluding steroid dienone is 2. The first kappa shape index (κ1) is 20.2. The van der Waals surface area contributed by atoms with Crippen molar-refractivity contribution in [2.45, 2.75) is 70.9 Å². The summed E-state index contributed by atoms with van der Waals surface area (Å²) in [5.41, 5.74) is -1.22. The minimum atomic E-state index is -0.608. The van der Waals surface area contributed by atoms with Gasteiger partial charge in [0.25, 0.3) is 0 Å². The number of ether oxygens (including phenoxy) is 2. The zero-order valence-corrected chi connectivity index (χ0v) is 17.5. The molecule has 4 atom stereocenters. The van der Waals surface area contributed by atoms with Gasteiger partial charge in [-0.25, -0.2) is 9.59 Å². The summed E-state index contributed by atoms with van der Waals surface area (Å²) in [5.74, 6) is -0.0661. The minimum absolute atomic E-state index is 0.0661. The number of amides is 2. The molecule has 0 radical (unpaired) electrons. The van der Waals surface area contributed by atoms with Gasteiger partial charge in [0.15, 0.2) is 0 Å². The zero-order valence-electron chi connectivity index (χ0n) is 17.5. The van der Waals surface area contributed by atoms with Gasteiger partial charge >= 0.3 is 12.2 Å². The van der Waals surface area contributed by atoms with Crippen LogP contribution < -0.4 is 0 Å². The predicted octanol–water partition coefficient (Wildman–Crippen LogP) is 4.41. The third-order valence-electron chi connectivity index (χ3n) is 4.64. The van der Waals surface area contributed by atoms with Crippen molar-refractivity contribution in [3.05, 3.63) is 48.7 Å². The number of carbonyl (C=O) groups excluding carboxylic acids is 2. The zero-order chi connectivity index (χ0) is 20.7. The summed E-state index contributed by atoms with van der Waals surface area (Å²) in [6, 6.07) is -0.938. The SMILES string of the molecule is CC(C)(C)OC(=O)N1C=C[C@H]2C=C[C@@H]1[C@@H]1C=CC=C[C@@H]2N1C(=O)OC(C)(C)C. The number of nitrogens with zero attached hydrogens (tertiary/aromatic N) is 2. The van der Waals surface area contributed by atoms with Gasteiger partial charge in [-0.05, 0) is 41.5 Å². The van der Waals surface area contributed by atoms with Crippen LogP contribution in [0.2, 0.25) is 0 Å². The van der Waals surface area contributed by atoms with Gasteiger partial charge < -0.3 is 9.47 Å². The Bertz CT molecular complexity index is 751.